The number of aldehydes is 4. The number of carbonyl (C=O) groups is 4. The van der Waals surface area contributed by atoms with E-state index in [-0.39, 0.29) is 5.92 Å². The van der Waals surface area contributed by atoms with E-state index in [1.54, 1.807) is 0 Å². The lowest BCUT2D eigenvalue weighted by molar-refractivity contribution is -0.112. The lowest BCUT2D eigenvalue weighted by atomic mass is 9.99. The number of allylic oxidation sites excluding steroid dienone is 1. The highest BCUT2D eigenvalue weighted by molar-refractivity contribution is 5.53. The fraction of sp³-hybridized carbons (Fsp3) is 0.864. The van der Waals surface area contributed by atoms with E-state index in [9.17, 15) is 19.2 Å². The van der Waals surface area contributed by atoms with Crippen molar-refractivity contribution in [3.8, 4) is 0 Å². The fourth-order valence-electron chi connectivity index (χ4n) is 4.83. The molecule has 3 unspecified atom stereocenters. The van der Waals surface area contributed by atoms with Gasteiger partial charge in [-0.3, -0.25) is 0 Å². The Kier molecular flexibility index (Phi) is 67.1. The molecule has 0 rings (SSSR count). The molecule has 0 aromatic carbocycles. The molecule has 0 aliphatic heterocycles. The van der Waals surface area contributed by atoms with Crippen LogP contribution in [0.25, 0.3) is 0 Å². The van der Waals surface area contributed by atoms with Crippen LogP contribution in [0.1, 0.15) is 229 Å². The van der Waals surface area contributed by atoms with Crippen LogP contribution in [0.3, 0.4) is 0 Å². The topological polar surface area (TPSA) is 68.3 Å². The molecule has 0 spiro atoms. The van der Waals surface area contributed by atoms with Gasteiger partial charge in [0, 0.05) is 24.2 Å². The Labute approximate surface area is 302 Å². The molecule has 0 amide bonds. The molecule has 0 aromatic rings. The van der Waals surface area contributed by atoms with Gasteiger partial charge in [-0.2, -0.15) is 0 Å². The van der Waals surface area contributed by atoms with Crippen molar-refractivity contribution in [1.29, 1.82) is 0 Å². The van der Waals surface area contributed by atoms with Gasteiger partial charge < -0.3 is 19.2 Å². The highest BCUT2D eigenvalue weighted by Gasteiger charge is 2.04. The standard InChI is InChI=1S/4C9H18O.C8H16/c1-3-4-5-6-7-9(2)8-10;1-3-5-6-7-9(4-2)8-10;1-3-5-7-9(8-10)6-4-2;1-2-3-4-5-6-7-8-9-10;1-3-5-7-8-6-4-2/h3*8-9H,3-7H2,1-2H3;9H,2-8H2,1H3;3H,1,4-8H2,2H3. The second-order valence-electron chi connectivity index (χ2n) is 13.5. The van der Waals surface area contributed by atoms with Crippen molar-refractivity contribution < 1.29 is 19.2 Å². The smallest absolute Gasteiger partial charge is 0.123 e. The van der Waals surface area contributed by atoms with Crippen molar-refractivity contribution >= 4 is 25.1 Å². The zero-order chi connectivity index (χ0) is 37.4. The summed E-state index contributed by atoms with van der Waals surface area (Å²) in [5.74, 6) is 0.938. The molecule has 0 radical (unpaired) electrons. The maximum atomic E-state index is 10.4. The molecule has 48 heavy (non-hydrogen) atoms. The van der Waals surface area contributed by atoms with Crippen LogP contribution in [0, 0.1) is 17.8 Å². The Morgan fingerprint density at radius 1 is 0.417 bits per heavy atom. The summed E-state index contributed by atoms with van der Waals surface area (Å²) in [4.78, 5) is 40.8. The van der Waals surface area contributed by atoms with Gasteiger partial charge in [0.1, 0.15) is 25.1 Å². The van der Waals surface area contributed by atoms with E-state index < -0.39 is 0 Å². The minimum atomic E-state index is 0.275. The van der Waals surface area contributed by atoms with Crippen LogP contribution in [0.2, 0.25) is 0 Å². The van der Waals surface area contributed by atoms with Crippen molar-refractivity contribution in [3.05, 3.63) is 12.7 Å². The Morgan fingerprint density at radius 3 is 1.27 bits per heavy atom. The first-order valence-electron chi connectivity index (χ1n) is 20.7. The maximum Gasteiger partial charge on any atom is 0.123 e. The lowest BCUT2D eigenvalue weighted by Crippen LogP contribution is -2.00. The lowest BCUT2D eigenvalue weighted by Gasteiger charge is -2.05. The summed E-state index contributed by atoms with van der Waals surface area (Å²) in [6.07, 6.45) is 38.9. The predicted octanol–water partition coefficient (Wildman–Crippen LogP) is 14.5. The summed E-state index contributed by atoms with van der Waals surface area (Å²) in [7, 11) is 0. The first-order valence-corrected chi connectivity index (χ1v) is 20.7. The Balaban J connectivity index is -0.000000161. The van der Waals surface area contributed by atoms with Crippen LogP contribution in [0.5, 0.6) is 0 Å². The third-order valence-electron chi connectivity index (χ3n) is 8.36. The van der Waals surface area contributed by atoms with Gasteiger partial charge in [0.05, 0.1) is 0 Å². The number of rotatable bonds is 30. The van der Waals surface area contributed by atoms with Crippen molar-refractivity contribution in [1.82, 2.24) is 0 Å². The molecule has 0 N–H and O–H groups in total. The van der Waals surface area contributed by atoms with Crippen LogP contribution >= 0.6 is 0 Å². The highest BCUT2D eigenvalue weighted by atomic mass is 16.1. The molecule has 0 aliphatic rings. The minimum absolute atomic E-state index is 0.275. The van der Waals surface area contributed by atoms with Gasteiger partial charge in [0.25, 0.3) is 0 Å². The normalized spacial score (nSPS) is 11.7. The second-order valence-corrected chi connectivity index (χ2v) is 13.5. The van der Waals surface area contributed by atoms with Crippen LogP contribution in [-0.4, -0.2) is 25.1 Å². The molecule has 4 heteroatoms. The largest absolute Gasteiger partial charge is 0.303 e. The predicted molar refractivity (Wildman–Crippen MR) is 215 cm³/mol. The Hall–Kier alpha value is -1.58. The summed E-state index contributed by atoms with van der Waals surface area (Å²) in [5, 5.41) is 0. The molecule has 4 nitrogen and oxygen atoms in total. The molecule has 0 saturated heterocycles. The third kappa shape index (κ3) is 63.1. The van der Waals surface area contributed by atoms with Gasteiger partial charge in [0.2, 0.25) is 0 Å². The first kappa shape index (κ1) is 55.8. The van der Waals surface area contributed by atoms with Gasteiger partial charge in [-0.05, 0) is 51.4 Å². The third-order valence-corrected chi connectivity index (χ3v) is 8.36. The quantitative estimate of drug-likeness (QED) is 0.0430. The first-order chi connectivity index (χ1) is 23.3. The molecule has 0 aromatic heterocycles. The van der Waals surface area contributed by atoms with Gasteiger partial charge in [-0.25, -0.2) is 0 Å². The van der Waals surface area contributed by atoms with Crippen LogP contribution in [-0.2, 0) is 19.2 Å². The van der Waals surface area contributed by atoms with Crippen LogP contribution < -0.4 is 0 Å². The van der Waals surface area contributed by atoms with Crippen molar-refractivity contribution in [2.75, 3.05) is 0 Å². The number of carbonyl (C=O) groups excluding carboxylic acids is 4. The van der Waals surface area contributed by atoms with E-state index in [1.807, 2.05) is 13.0 Å². The summed E-state index contributed by atoms with van der Waals surface area (Å²) >= 11 is 0. The molecular weight excluding hydrogens is 592 g/mol. The summed E-state index contributed by atoms with van der Waals surface area (Å²) < 4.78 is 0. The summed E-state index contributed by atoms with van der Waals surface area (Å²) in [5.41, 5.74) is 0. The Morgan fingerprint density at radius 2 is 0.833 bits per heavy atom. The van der Waals surface area contributed by atoms with E-state index in [4.69, 9.17) is 0 Å². The number of hydrogen-bond acceptors (Lipinski definition) is 4. The van der Waals surface area contributed by atoms with Gasteiger partial charge in [-0.15, -0.1) is 6.58 Å². The van der Waals surface area contributed by atoms with Crippen LogP contribution in [0.4, 0.5) is 0 Å². The average Bonchev–Trinajstić information content (AvgIpc) is 3.11. The number of hydrogen-bond donors (Lipinski definition) is 0. The van der Waals surface area contributed by atoms with E-state index in [2.05, 4.69) is 55.0 Å². The van der Waals surface area contributed by atoms with Crippen molar-refractivity contribution in [3.63, 3.8) is 0 Å². The highest BCUT2D eigenvalue weighted by Crippen LogP contribution is 2.12. The maximum absolute atomic E-state index is 10.4. The monoisotopic (exact) mass is 681 g/mol. The fourth-order valence-corrected chi connectivity index (χ4v) is 4.83. The molecule has 0 saturated carbocycles. The zero-order valence-electron chi connectivity index (χ0n) is 34.1. The SMILES string of the molecule is C=CCCCCCC.CCCCC(C=O)CCC.CCCCCC(C=O)CC.CCCCCCC(C)C=O.CCCCCCCCC=O. The van der Waals surface area contributed by atoms with Crippen molar-refractivity contribution in [2.45, 2.75) is 229 Å². The van der Waals surface area contributed by atoms with E-state index in [0.29, 0.717) is 11.8 Å². The van der Waals surface area contributed by atoms with Crippen LogP contribution in [0.15, 0.2) is 12.7 Å². The molecule has 0 fully saturated rings. The Bertz CT molecular complexity index is 588. The zero-order valence-corrected chi connectivity index (χ0v) is 34.1. The molecule has 0 aliphatic carbocycles. The molecule has 3 atom stereocenters. The minimum Gasteiger partial charge on any atom is -0.303 e. The van der Waals surface area contributed by atoms with E-state index in [0.717, 1.165) is 76.5 Å². The molecule has 0 bridgehead atoms. The number of unbranched alkanes of at least 4 members (excludes halogenated alkanes) is 16. The van der Waals surface area contributed by atoms with Gasteiger partial charge >= 0.3 is 0 Å². The van der Waals surface area contributed by atoms with Gasteiger partial charge in [-0.1, -0.05) is 177 Å². The molecule has 0 heterocycles. The summed E-state index contributed by atoms with van der Waals surface area (Å²) in [6.45, 7) is 20.8. The molecular formula is C44H88O4. The molecule has 288 valence electrons. The van der Waals surface area contributed by atoms with E-state index in [1.165, 1.54) is 122 Å². The summed E-state index contributed by atoms with van der Waals surface area (Å²) in [6, 6.07) is 0. The van der Waals surface area contributed by atoms with Gasteiger partial charge in [0.15, 0.2) is 0 Å². The second kappa shape index (κ2) is 57.7. The average molecular weight is 681 g/mol. The van der Waals surface area contributed by atoms with E-state index >= 15 is 0 Å². The van der Waals surface area contributed by atoms with Crippen molar-refractivity contribution in [2.24, 2.45) is 17.8 Å².